The molecular formula is C20H63O8P35. The van der Waals surface area contributed by atoms with Crippen molar-refractivity contribution < 1.29 is 37.2 Å². The van der Waals surface area contributed by atoms with Crippen LogP contribution in [0.2, 0.25) is 0 Å². The topological polar surface area (TPSA) is 89.5 Å². The Bertz CT molecular complexity index is 1590. The van der Waals surface area contributed by atoms with Gasteiger partial charge in [0.1, 0.15) is 6.10 Å². The van der Waals surface area contributed by atoms with Crippen molar-refractivity contribution in [3.8, 4) is 0 Å². The molecule has 33 atom stereocenters. The number of rotatable bonds is 20. The Kier molecular flexibility index (Phi) is 33.9. The molecule has 0 radical (unpaired) electrons. The van der Waals surface area contributed by atoms with E-state index in [-0.39, 0.29) is 11.9 Å². The number of carbonyl (C=O) groups is 2. The summed E-state index contributed by atoms with van der Waals surface area (Å²) >= 11 is 0. The maximum Gasteiger partial charge on any atom is 0.509 e. The normalized spacial score (nSPS) is 32.7. The summed E-state index contributed by atoms with van der Waals surface area (Å²) in [5, 5.41) is 0. The van der Waals surface area contributed by atoms with Gasteiger partial charge in [0.05, 0.1) is 54.3 Å². The molecule has 4 rings (SSSR count). The SMILES string of the molecule is CC1=C2[C@H](OP(P(P)P)P(PP)P(P)P)C[C@]3(C)[C@@H](OP(P(P)P)P(P)P)C[C@H](OP(P)P(P)P)C(=O)[C@H]3[C@@H]3OC(=O)O[C@@]3(C[C@@H]1OP(P(P)P(P)P)P(P(P)P)P(P)P)C2(C)C. The van der Waals surface area contributed by atoms with Crippen molar-refractivity contribution in [3.05, 3.63) is 11.1 Å². The van der Waals surface area contributed by atoms with Gasteiger partial charge in [0.15, 0.2) is 17.5 Å². The Morgan fingerprint density at radius 2 is 1.16 bits per heavy atom. The van der Waals surface area contributed by atoms with Gasteiger partial charge in [0, 0.05) is 44.6 Å². The van der Waals surface area contributed by atoms with Crippen LogP contribution in [0.25, 0.3) is 0 Å². The second kappa shape index (κ2) is 30.9. The maximum atomic E-state index is 15.8. The van der Waals surface area contributed by atoms with E-state index in [4.69, 9.17) is 27.6 Å². The van der Waals surface area contributed by atoms with Gasteiger partial charge in [-0.3, -0.25) is 4.79 Å². The predicted molar refractivity (Wildman–Crippen MR) is 387 cm³/mol. The fourth-order valence-electron chi connectivity index (χ4n) is 8.38. The lowest BCUT2D eigenvalue weighted by molar-refractivity contribution is -0.183. The minimum atomic E-state index is -1.25. The number of hydrogen-bond acceptors (Lipinski definition) is 8. The van der Waals surface area contributed by atoms with Gasteiger partial charge in [-0.2, -0.15) is 0 Å². The van der Waals surface area contributed by atoms with Crippen molar-refractivity contribution in [1.29, 1.82) is 0 Å². The summed E-state index contributed by atoms with van der Waals surface area (Å²) in [7, 11) is 55.0. The predicted octanol–water partition coefficient (Wildman–Crippen LogP) is 22.1. The summed E-state index contributed by atoms with van der Waals surface area (Å²) in [5.74, 6) is -0.831. The van der Waals surface area contributed by atoms with E-state index in [0.717, 1.165) is 11.1 Å². The molecule has 43 heteroatoms. The van der Waals surface area contributed by atoms with Crippen LogP contribution in [0, 0.1) is 16.7 Å². The van der Waals surface area contributed by atoms with Crippen molar-refractivity contribution >= 4 is 297 Å². The Labute approximate surface area is 440 Å². The summed E-state index contributed by atoms with van der Waals surface area (Å²) in [6.07, 6.45) is -2.26. The van der Waals surface area contributed by atoms with Crippen LogP contribution in [0.15, 0.2) is 11.1 Å². The zero-order chi connectivity index (χ0) is 48.0. The van der Waals surface area contributed by atoms with Crippen LogP contribution in [-0.2, 0) is 32.4 Å². The van der Waals surface area contributed by atoms with E-state index < -0.39 is 160 Å². The molecule has 0 N–H and O–H groups in total. The monoisotopic (exact) mass is 1520 g/mol. The third kappa shape index (κ3) is 16.9. The largest absolute Gasteiger partial charge is 0.509 e. The zero-order valence-corrected chi connectivity index (χ0v) is 70.9. The van der Waals surface area contributed by atoms with E-state index in [1.807, 2.05) is 0 Å². The second-order valence-corrected chi connectivity index (χ2v) is 136. The molecule has 1 heterocycles. The van der Waals surface area contributed by atoms with Gasteiger partial charge in [-0.05, 0) is 80.4 Å². The summed E-state index contributed by atoms with van der Waals surface area (Å²) in [6, 6.07) is 0. The van der Waals surface area contributed by atoms with E-state index in [1.54, 1.807) is 0 Å². The first kappa shape index (κ1) is 69.1. The van der Waals surface area contributed by atoms with Gasteiger partial charge in [-0.1, -0.05) is 46.6 Å². The smallest absolute Gasteiger partial charge is 0.426 e. The number of carbonyl (C=O) groups excluding carboxylic acids is 2. The van der Waals surface area contributed by atoms with Gasteiger partial charge in [-0.25, -0.2) is 4.79 Å². The molecule has 366 valence electrons. The fourth-order valence-corrected chi connectivity index (χ4v) is 206. The molecule has 3 fully saturated rings. The molecule has 8 nitrogen and oxygen atoms in total. The van der Waals surface area contributed by atoms with Crippen molar-refractivity contribution in [2.45, 2.75) is 83.1 Å². The molecule has 3 aliphatic carbocycles. The standard InChI is InChI=1S/C20H63O8P35/c1-8-10(26-52(61(47)57(39)40)63(59(43)44)60(45)46)7-20-16(23-17(22)24-20)14-15(21)9(25-49(30)53(31)32)5-12(28-50(54(33)34)55(35)36)19(14,4)6-11(13(8)18(20,2)3)27-51(56(37)38)62(48-29)58(41)42/h9-12,14,16,48H,5-7,29-47H2,1-4H3/t9-,10-,11+,12-,14-,16-,19+,20+,49?,51?,52?,61?,62?/m0/s1. The number of hydrogen-bond donors (Lipinski definition) is 0. The van der Waals surface area contributed by atoms with Crippen LogP contribution >= 0.6 is 285 Å². The summed E-state index contributed by atoms with van der Waals surface area (Å²) in [6.45, 7) is 2.98. The second-order valence-electron chi connectivity index (χ2n) is 15.0. The zero-order valence-electron chi connectivity index (χ0n) is 34.5. The molecule has 2 bridgehead atoms. The van der Waals surface area contributed by atoms with Crippen LogP contribution in [0.3, 0.4) is 0 Å². The van der Waals surface area contributed by atoms with Crippen molar-refractivity contribution in [3.63, 3.8) is 0 Å². The highest BCUT2D eigenvalue weighted by Gasteiger charge is 2.74. The number of ether oxygens (including phenoxy) is 2. The molecule has 1 saturated heterocycles. The van der Waals surface area contributed by atoms with Crippen LogP contribution < -0.4 is 0 Å². The Morgan fingerprint density at radius 1 is 0.619 bits per heavy atom. The Morgan fingerprint density at radius 3 is 1.62 bits per heavy atom. The highest BCUT2D eigenvalue weighted by Crippen LogP contribution is 3.18. The molecule has 0 amide bonds. The van der Waals surface area contributed by atoms with Crippen LogP contribution in [0.4, 0.5) is 4.79 Å². The van der Waals surface area contributed by atoms with Gasteiger partial charge < -0.3 is 27.6 Å². The average molecular weight is 1520 g/mol. The maximum absolute atomic E-state index is 15.8. The highest BCUT2D eigenvalue weighted by atomic mass is 33.2. The molecule has 2 saturated carbocycles. The van der Waals surface area contributed by atoms with E-state index >= 15 is 4.79 Å². The average Bonchev–Trinajstić information content (AvgIpc) is 3.47. The minimum Gasteiger partial charge on any atom is -0.426 e. The third-order valence-electron chi connectivity index (χ3n) is 11.0. The molecular weight excluding hydrogens is 1450 g/mol. The third-order valence-corrected chi connectivity index (χ3v) is 166. The van der Waals surface area contributed by atoms with E-state index in [1.165, 1.54) is 0 Å². The molecule has 0 aromatic rings. The Hall–Kier alpha value is 13.6. The molecule has 1 spiro atoms. The summed E-state index contributed by atoms with van der Waals surface area (Å²) < 4.78 is 43.4. The Balaban J connectivity index is 2.14. The van der Waals surface area contributed by atoms with Crippen molar-refractivity contribution in [1.82, 2.24) is 0 Å². The first-order valence-corrected chi connectivity index (χ1v) is 78.1. The molecule has 0 aromatic heterocycles. The van der Waals surface area contributed by atoms with Gasteiger partial charge in [-0.15, -0.1) is 152 Å². The molecule has 1 aliphatic heterocycles. The lowest BCUT2D eigenvalue weighted by atomic mass is 9.48. The quantitative estimate of drug-likeness (QED) is 0.0677. The van der Waals surface area contributed by atoms with E-state index in [2.05, 4.69) is 197 Å². The first-order valence-electron chi connectivity index (χ1n) is 17.7. The fraction of sp³-hybridized carbons (Fsp3) is 0.800. The van der Waals surface area contributed by atoms with E-state index in [0.29, 0.717) is 27.2 Å². The molecule has 25 unspecified atom stereocenters. The molecule has 4 aliphatic rings. The molecule has 63 heavy (non-hydrogen) atoms. The lowest BCUT2D eigenvalue weighted by Gasteiger charge is -2.61. The number of Topliss-reactive ketones (excluding diaryl/α,β-unsaturated/α-hetero) is 1. The van der Waals surface area contributed by atoms with Crippen molar-refractivity contribution in [2.75, 3.05) is 0 Å². The first-order chi connectivity index (χ1) is 29.0. The number of ketones is 1. The summed E-state index contributed by atoms with van der Waals surface area (Å²) in [5.41, 5.74) is -0.578. The number of fused-ring (bicyclic) bond motifs is 3. The van der Waals surface area contributed by atoms with E-state index in [9.17, 15) is 4.79 Å². The minimum absolute atomic E-state index is 0.0381. The highest BCUT2D eigenvalue weighted by molar-refractivity contribution is 9.19. The summed E-state index contributed by atoms with van der Waals surface area (Å²) in [4.78, 5) is 30.0. The van der Waals surface area contributed by atoms with Gasteiger partial charge >= 0.3 is 6.16 Å². The van der Waals surface area contributed by atoms with Crippen molar-refractivity contribution in [2.24, 2.45) is 16.7 Å². The van der Waals surface area contributed by atoms with Gasteiger partial charge in [0.2, 0.25) is 0 Å². The van der Waals surface area contributed by atoms with Crippen LogP contribution in [0.1, 0.15) is 47.0 Å². The van der Waals surface area contributed by atoms with Crippen LogP contribution in [-0.4, -0.2) is 48.1 Å². The lowest BCUT2D eigenvalue weighted by Crippen LogP contribution is -2.69. The van der Waals surface area contributed by atoms with Crippen LogP contribution in [0.5, 0.6) is 0 Å². The molecule has 0 aromatic carbocycles. The van der Waals surface area contributed by atoms with Gasteiger partial charge in [0.25, 0.3) is 0 Å².